The van der Waals surface area contributed by atoms with E-state index in [2.05, 4.69) is 5.32 Å². The topological polar surface area (TPSA) is 81.7 Å². The van der Waals surface area contributed by atoms with Crippen molar-refractivity contribution in [1.82, 2.24) is 0 Å². The Labute approximate surface area is 162 Å². The highest BCUT2D eigenvalue weighted by Crippen LogP contribution is 2.32. The molecule has 0 unspecified atom stereocenters. The van der Waals surface area contributed by atoms with Crippen molar-refractivity contribution < 1.29 is 23.9 Å². The lowest BCUT2D eigenvalue weighted by atomic mass is 10.1. The first-order chi connectivity index (χ1) is 12.4. The van der Waals surface area contributed by atoms with Crippen LogP contribution in [0.25, 0.3) is 0 Å². The first-order valence-corrected chi connectivity index (χ1v) is 8.40. The highest BCUT2D eigenvalue weighted by atomic mass is 35.5. The van der Waals surface area contributed by atoms with Gasteiger partial charge < -0.3 is 14.8 Å². The fourth-order valence-corrected chi connectivity index (χ4v) is 2.94. The molecule has 1 heterocycles. The number of fused-ring (bicyclic) bond motifs is 1. The van der Waals surface area contributed by atoms with Gasteiger partial charge in [-0.25, -0.2) is 4.79 Å². The summed E-state index contributed by atoms with van der Waals surface area (Å²) in [4.78, 5) is 35.8. The molecule has 0 aromatic heterocycles. The van der Waals surface area contributed by atoms with Crippen molar-refractivity contribution in [2.45, 2.75) is 0 Å². The second-order valence-electron chi connectivity index (χ2n) is 5.27. The standard InChI is InChI=1S/C17H10Cl3NO5/c18-9-2-3-10(19)16(20)15(9)17(24)26-6-12(22)8-1-4-13-11(5-8)21-14(23)7-25-13/h1-5H,6-7H2,(H,21,23). The smallest absolute Gasteiger partial charge is 0.341 e. The van der Waals surface area contributed by atoms with Crippen LogP contribution in [0.5, 0.6) is 5.75 Å². The number of nitrogens with one attached hydrogen (secondary N) is 1. The van der Waals surface area contributed by atoms with Gasteiger partial charge in [0.1, 0.15) is 5.75 Å². The number of rotatable bonds is 4. The van der Waals surface area contributed by atoms with Crippen LogP contribution in [0, 0.1) is 0 Å². The lowest BCUT2D eigenvalue weighted by molar-refractivity contribution is -0.118. The monoisotopic (exact) mass is 413 g/mol. The van der Waals surface area contributed by atoms with Crippen molar-refractivity contribution in [3.05, 3.63) is 56.5 Å². The average molecular weight is 415 g/mol. The fraction of sp³-hybridized carbons (Fsp3) is 0.118. The number of benzene rings is 2. The summed E-state index contributed by atoms with van der Waals surface area (Å²) in [5, 5.41) is 2.74. The SMILES string of the molecule is O=C1COc2ccc(C(=O)COC(=O)c3c(Cl)ccc(Cl)c3Cl)cc2N1. The van der Waals surface area contributed by atoms with Gasteiger partial charge in [0.05, 0.1) is 26.3 Å². The summed E-state index contributed by atoms with van der Waals surface area (Å²) in [6.45, 7) is -0.620. The second kappa shape index (κ2) is 7.53. The number of carbonyl (C=O) groups excluding carboxylic acids is 3. The lowest BCUT2D eigenvalue weighted by Crippen LogP contribution is -2.25. The Bertz CT molecular complexity index is 929. The van der Waals surface area contributed by atoms with E-state index in [1.54, 1.807) is 6.07 Å². The van der Waals surface area contributed by atoms with E-state index in [9.17, 15) is 14.4 Å². The van der Waals surface area contributed by atoms with Gasteiger partial charge in [-0.05, 0) is 30.3 Å². The molecular weight excluding hydrogens is 405 g/mol. The van der Waals surface area contributed by atoms with Crippen LogP contribution in [0.15, 0.2) is 30.3 Å². The van der Waals surface area contributed by atoms with E-state index in [1.807, 2.05) is 0 Å². The lowest BCUT2D eigenvalue weighted by Gasteiger charge is -2.18. The molecule has 26 heavy (non-hydrogen) atoms. The van der Waals surface area contributed by atoms with Crippen molar-refractivity contribution in [3.63, 3.8) is 0 Å². The minimum absolute atomic E-state index is 0.0507. The van der Waals surface area contributed by atoms with Gasteiger partial charge in [0.15, 0.2) is 19.0 Å². The molecule has 0 spiro atoms. The second-order valence-corrected chi connectivity index (χ2v) is 6.46. The Morgan fingerprint density at radius 3 is 2.62 bits per heavy atom. The maximum Gasteiger partial charge on any atom is 0.341 e. The number of ether oxygens (including phenoxy) is 2. The highest BCUT2D eigenvalue weighted by molar-refractivity contribution is 6.46. The molecule has 3 rings (SSSR count). The van der Waals surface area contributed by atoms with Crippen LogP contribution in [0.1, 0.15) is 20.7 Å². The number of hydrogen-bond acceptors (Lipinski definition) is 5. The Morgan fingerprint density at radius 1 is 1.12 bits per heavy atom. The van der Waals surface area contributed by atoms with Crippen molar-refractivity contribution >= 4 is 58.1 Å². The van der Waals surface area contributed by atoms with Gasteiger partial charge in [0.25, 0.3) is 5.91 Å². The molecule has 1 amide bonds. The summed E-state index contributed by atoms with van der Waals surface area (Å²) in [5.41, 5.74) is 0.504. The first-order valence-electron chi connectivity index (χ1n) is 7.27. The van der Waals surface area contributed by atoms with Crippen LogP contribution in [0.4, 0.5) is 5.69 Å². The van der Waals surface area contributed by atoms with Gasteiger partial charge in [-0.3, -0.25) is 9.59 Å². The third kappa shape index (κ3) is 3.77. The average Bonchev–Trinajstić information content (AvgIpc) is 2.62. The normalized spacial score (nSPS) is 12.7. The third-order valence-electron chi connectivity index (χ3n) is 3.52. The largest absolute Gasteiger partial charge is 0.482 e. The van der Waals surface area contributed by atoms with Gasteiger partial charge in [-0.2, -0.15) is 0 Å². The number of halogens is 3. The minimum atomic E-state index is -0.870. The number of amides is 1. The molecule has 2 aromatic rings. The van der Waals surface area contributed by atoms with E-state index in [0.717, 1.165) is 0 Å². The fourth-order valence-electron chi connectivity index (χ4n) is 2.26. The maximum absolute atomic E-state index is 12.3. The van der Waals surface area contributed by atoms with Crippen LogP contribution < -0.4 is 10.1 Å². The van der Waals surface area contributed by atoms with E-state index in [4.69, 9.17) is 44.3 Å². The van der Waals surface area contributed by atoms with E-state index in [-0.39, 0.29) is 38.7 Å². The number of carbonyl (C=O) groups is 3. The number of anilines is 1. The third-order valence-corrected chi connectivity index (χ3v) is 4.64. The van der Waals surface area contributed by atoms with E-state index >= 15 is 0 Å². The molecule has 0 bridgehead atoms. The van der Waals surface area contributed by atoms with Crippen molar-refractivity contribution in [2.24, 2.45) is 0 Å². The molecule has 0 fully saturated rings. The summed E-state index contributed by atoms with van der Waals surface area (Å²) in [6.07, 6.45) is 0. The van der Waals surface area contributed by atoms with Gasteiger partial charge in [0, 0.05) is 5.56 Å². The summed E-state index contributed by atoms with van der Waals surface area (Å²) in [6, 6.07) is 7.35. The van der Waals surface area contributed by atoms with Crippen molar-refractivity contribution in [1.29, 1.82) is 0 Å². The van der Waals surface area contributed by atoms with Crippen LogP contribution in [0.3, 0.4) is 0 Å². The van der Waals surface area contributed by atoms with Gasteiger partial charge in [-0.15, -0.1) is 0 Å². The molecule has 1 aliphatic rings. The quantitative estimate of drug-likeness (QED) is 0.464. The molecule has 134 valence electrons. The molecule has 0 atom stereocenters. The summed E-state index contributed by atoms with van der Waals surface area (Å²) < 4.78 is 10.2. The van der Waals surface area contributed by atoms with Gasteiger partial charge in [0.2, 0.25) is 0 Å². The zero-order valence-corrected chi connectivity index (χ0v) is 15.2. The predicted molar refractivity (Wildman–Crippen MR) is 96.7 cm³/mol. The zero-order chi connectivity index (χ0) is 18.8. The van der Waals surface area contributed by atoms with Crippen LogP contribution in [-0.4, -0.2) is 30.9 Å². The van der Waals surface area contributed by atoms with E-state index < -0.39 is 18.4 Å². The number of ketones is 1. The van der Waals surface area contributed by atoms with E-state index in [0.29, 0.717) is 11.4 Å². The van der Waals surface area contributed by atoms with E-state index in [1.165, 1.54) is 24.3 Å². The van der Waals surface area contributed by atoms with Gasteiger partial charge >= 0.3 is 5.97 Å². The Morgan fingerprint density at radius 2 is 1.85 bits per heavy atom. The Hall–Kier alpha value is -2.28. The Balaban J connectivity index is 1.72. The molecule has 0 saturated heterocycles. The van der Waals surface area contributed by atoms with Crippen LogP contribution in [-0.2, 0) is 9.53 Å². The number of Topliss-reactive ketones (excluding diaryl/α,β-unsaturated/α-hetero) is 1. The van der Waals surface area contributed by atoms with Gasteiger partial charge in [-0.1, -0.05) is 34.8 Å². The van der Waals surface area contributed by atoms with Crippen LogP contribution in [0.2, 0.25) is 15.1 Å². The highest BCUT2D eigenvalue weighted by Gasteiger charge is 2.21. The molecule has 0 radical (unpaired) electrons. The molecule has 9 heteroatoms. The molecule has 2 aromatic carbocycles. The number of hydrogen-bond donors (Lipinski definition) is 1. The maximum atomic E-state index is 12.3. The predicted octanol–water partition coefficient (Wildman–Crippen LogP) is 4.02. The first kappa shape index (κ1) is 18.5. The molecule has 1 N–H and O–H groups in total. The molecular formula is C17H10Cl3NO5. The zero-order valence-electron chi connectivity index (χ0n) is 13.0. The van der Waals surface area contributed by atoms with Crippen LogP contribution >= 0.6 is 34.8 Å². The molecule has 6 nitrogen and oxygen atoms in total. The molecule has 0 aliphatic carbocycles. The molecule has 1 aliphatic heterocycles. The summed E-state index contributed by atoms with van der Waals surface area (Å²) >= 11 is 17.8. The minimum Gasteiger partial charge on any atom is -0.482 e. The van der Waals surface area contributed by atoms with Crippen molar-refractivity contribution in [2.75, 3.05) is 18.5 Å². The van der Waals surface area contributed by atoms with Crippen molar-refractivity contribution in [3.8, 4) is 5.75 Å². The summed E-state index contributed by atoms with van der Waals surface area (Å²) in [7, 11) is 0. The number of esters is 1. The molecule has 0 saturated carbocycles. The Kier molecular flexibility index (Phi) is 5.36. The summed E-state index contributed by atoms with van der Waals surface area (Å²) in [5.74, 6) is -1.21.